The number of nitrogens with one attached hydrogen (secondary N) is 2. The van der Waals surface area contributed by atoms with Gasteiger partial charge < -0.3 is 20.0 Å². The normalized spacial score (nSPS) is 13.5. The molecule has 7 heteroatoms. The maximum Gasteiger partial charge on any atom is 0.227 e. The highest BCUT2D eigenvalue weighted by Gasteiger charge is 2.23. The van der Waals surface area contributed by atoms with Gasteiger partial charge in [-0.2, -0.15) is 0 Å². The van der Waals surface area contributed by atoms with Crippen molar-refractivity contribution in [1.29, 1.82) is 0 Å². The standard InChI is InChI=1S/C21H29N5O2/c1-4-22-21(24-14-19-25-15(2)16(3)28-19)23-12-7-10-20(27)26-13-11-17-8-5-6-9-18(17)26/h5-6,8-9H,4,7,10-14H2,1-3H3,(H2,22,23,24). The van der Waals surface area contributed by atoms with Crippen LogP contribution in [-0.2, 0) is 17.8 Å². The molecule has 2 heterocycles. The Balaban J connectivity index is 1.45. The van der Waals surface area contributed by atoms with Gasteiger partial charge >= 0.3 is 0 Å². The summed E-state index contributed by atoms with van der Waals surface area (Å²) in [4.78, 5) is 23.3. The minimum atomic E-state index is 0.180. The summed E-state index contributed by atoms with van der Waals surface area (Å²) in [6, 6.07) is 8.14. The van der Waals surface area contributed by atoms with E-state index in [1.54, 1.807) is 0 Å². The molecular formula is C21H29N5O2. The van der Waals surface area contributed by atoms with E-state index in [0.717, 1.165) is 43.1 Å². The van der Waals surface area contributed by atoms with Crippen LogP contribution in [0.4, 0.5) is 5.69 Å². The second kappa shape index (κ2) is 9.39. The summed E-state index contributed by atoms with van der Waals surface area (Å²) in [6.07, 6.45) is 2.20. The largest absolute Gasteiger partial charge is 0.444 e. The molecule has 0 saturated carbocycles. The number of benzene rings is 1. The zero-order valence-electron chi connectivity index (χ0n) is 16.9. The Morgan fingerprint density at radius 3 is 2.86 bits per heavy atom. The van der Waals surface area contributed by atoms with Crippen molar-refractivity contribution in [2.75, 3.05) is 24.5 Å². The van der Waals surface area contributed by atoms with Gasteiger partial charge in [-0.05, 0) is 45.2 Å². The van der Waals surface area contributed by atoms with Gasteiger partial charge in [0.15, 0.2) is 5.96 Å². The number of anilines is 1. The van der Waals surface area contributed by atoms with E-state index >= 15 is 0 Å². The minimum Gasteiger partial charge on any atom is -0.444 e. The van der Waals surface area contributed by atoms with Gasteiger partial charge in [-0.15, -0.1) is 0 Å². The van der Waals surface area contributed by atoms with Crippen LogP contribution in [0.1, 0.15) is 42.7 Å². The lowest BCUT2D eigenvalue weighted by atomic mass is 10.2. The van der Waals surface area contributed by atoms with Gasteiger partial charge in [-0.1, -0.05) is 18.2 Å². The number of amides is 1. The predicted octanol–water partition coefficient (Wildman–Crippen LogP) is 2.72. The first-order chi connectivity index (χ1) is 13.6. The Hall–Kier alpha value is -2.83. The molecule has 0 unspecified atom stereocenters. The van der Waals surface area contributed by atoms with Crippen LogP contribution >= 0.6 is 0 Å². The second-order valence-corrected chi connectivity index (χ2v) is 6.90. The van der Waals surface area contributed by atoms with Gasteiger partial charge in [0.2, 0.25) is 11.8 Å². The highest BCUT2D eigenvalue weighted by Crippen LogP contribution is 2.27. The average molecular weight is 383 g/mol. The van der Waals surface area contributed by atoms with Crippen LogP contribution in [0.3, 0.4) is 0 Å². The van der Waals surface area contributed by atoms with Gasteiger partial charge in [-0.25, -0.2) is 9.98 Å². The number of guanidine groups is 1. The molecule has 0 atom stereocenters. The number of para-hydroxylation sites is 1. The fraction of sp³-hybridized carbons (Fsp3) is 0.476. The molecule has 1 aromatic heterocycles. The van der Waals surface area contributed by atoms with E-state index in [0.29, 0.717) is 31.4 Å². The van der Waals surface area contributed by atoms with Crippen molar-refractivity contribution in [3.05, 3.63) is 47.2 Å². The van der Waals surface area contributed by atoms with Crippen LogP contribution in [0.15, 0.2) is 33.7 Å². The van der Waals surface area contributed by atoms with Gasteiger partial charge in [-0.3, -0.25) is 4.79 Å². The number of carbonyl (C=O) groups excluding carboxylic acids is 1. The summed E-state index contributed by atoms with van der Waals surface area (Å²) in [7, 11) is 0. The third kappa shape index (κ3) is 4.91. The molecule has 1 aliphatic rings. The highest BCUT2D eigenvalue weighted by atomic mass is 16.4. The van der Waals surface area contributed by atoms with Crippen molar-refractivity contribution in [2.24, 2.45) is 4.99 Å². The molecular weight excluding hydrogens is 354 g/mol. The highest BCUT2D eigenvalue weighted by molar-refractivity contribution is 5.95. The van der Waals surface area contributed by atoms with Gasteiger partial charge in [0.25, 0.3) is 0 Å². The number of fused-ring (bicyclic) bond motifs is 1. The van der Waals surface area contributed by atoms with Crippen LogP contribution in [-0.4, -0.2) is 36.5 Å². The monoisotopic (exact) mass is 383 g/mol. The summed E-state index contributed by atoms with van der Waals surface area (Å²) in [5.41, 5.74) is 3.21. The third-order valence-corrected chi connectivity index (χ3v) is 4.84. The van der Waals surface area contributed by atoms with Gasteiger partial charge in [0, 0.05) is 31.7 Å². The molecule has 2 N–H and O–H groups in total. The third-order valence-electron chi connectivity index (χ3n) is 4.84. The molecule has 150 valence electrons. The van der Waals surface area contributed by atoms with E-state index < -0.39 is 0 Å². The number of nitrogens with zero attached hydrogens (tertiary/aromatic N) is 3. The number of hydrogen-bond acceptors (Lipinski definition) is 4. The van der Waals surface area contributed by atoms with Crippen molar-refractivity contribution in [1.82, 2.24) is 15.6 Å². The number of oxazole rings is 1. The first kappa shape index (κ1) is 19.9. The lowest BCUT2D eigenvalue weighted by Crippen LogP contribution is -2.38. The van der Waals surface area contributed by atoms with Crippen molar-refractivity contribution in [3.63, 3.8) is 0 Å². The van der Waals surface area contributed by atoms with E-state index in [-0.39, 0.29) is 5.91 Å². The molecule has 0 saturated heterocycles. The molecule has 0 radical (unpaired) electrons. The van der Waals surface area contributed by atoms with E-state index in [1.807, 2.05) is 43.9 Å². The zero-order chi connectivity index (χ0) is 19.9. The average Bonchev–Trinajstić information content (AvgIpc) is 3.26. The molecule has 0 aliphatic carbocycles. The Morgan fingerprint density at radius 1 is 1.29 bits per heavy atom. The molecule has 3 rings (SSSR count). The number of aryl methyl sites for hydroxylation is 2. The lowest BCUT2D eigenvalue weighted by Gasteiger charge is -2.17. The quantitative estimate of drug-likeness (QED) is 0.436. The first-order valence-corrected chi connectivity index (χ1v) is 9.92. The molecule has 2 aromatic rings. The summed E-state index contributed by atoms with van der Waals surface area (Å²) < 4.78 is 5.56. The topological polar surface area (TPSA) is 82.8 Å². The lowest BCUT2D eigenvalue weighted by molar-refractivity contribution is -0.118. The Labute approximate surface area is 166 Å². The van der Waals surface area contributed by atoms with E-state index in [9.17, 15) is 4.79 Å². The molecule has 0 fully saturated rings. The van der Waals surface area contributed by atoms with Crippen molar-refractivity contribution >= 4 is 17.6 Å². The minimum absolute atomic E-state index is 0.180. The number of rotatable bonds is 7. The fourth-order valence-electron chi connectivity index (χ4n) is 3.27. The summed E-state index contributed by atoms with van der Waals surface area (Å²) >= 11 is 0. The van der Waals surface area contributed by atoms with Crippen LogP contribution in [0.2, 0.25) is 0 Å². The SMILES string of the molecule is CCNC(=NCc1nc(C)c(C)o1)NCCCC(=O)N1CCc2ccccc21. The number of hydrogen-bond donors (Lipinski definition) is 2. The molecule has 0 spiro atoms. The van der Waals surface area contributed by atoms with Crippen molar-refractivity contribution in [2.45, 2.75) is 46.6 Å². The number of aromatic nitrogens is 1. The summed E-state index contributed by atoms with van der Waals surface area (Å²) in [5.74, 6) is 2.31. The Bertz CT molecular complexity index is 824. The van der Waals surface area contributed by atoms with E-state index in [1.165, 1.54) is 5.56 Å². The summed E-state index contributed by atoms with van der Waals surface area (Å²) in [5, 5.41) is 6.48. The molecule has 0 bridgehead atoms. The maximum absolute atomic E-state index is 12.6. The second-order valence-electron chi connectivity index (χ2n) is 6.90. The molecule has 1 aliphatic heterocycles. The van der Waals surface area contributed by atoms with Gasteiger partial charge in [0.1, 0.15) is 12.3 Å². The Morgan fingerprint density at radius 2 is 2.11 bits per heavy atom. The molecule has 28 heavy (non-hydrogen) atoms. The first-order valence-electron chi connectivity index (χ1n) is 9.92. The zero-order valence-corrected chi connectivity index (χ0v) is 16.9. The van der Waals surface area contributed by atoms with Crippen LogP contribution in [0, 0.1) is 13.8 Å². The molecule has 7 nitrogen and oxygen atoms in total. The van der Waals surface area contributed by atoms with Crippen molar-refractivity contribution < 1.29 is 9.21 Å². The molecule has 1 aromatic carbocycles. The molecule has 1 amide bonds. The maximum atomic E-state index is 12.6. The van der Waals surface area contributed by atoms with Crippen molar-refractivity contribution in [3.8, 4) is 0 Å². The van der Waals surface area contributed by atoms with E-state index in [4.69, 9.17) is 4.42 Å². The predicted molar refractivity (Wildman–Crippen MR) is 111 cm³/mol. The van der Waals surface area contributed by atoms with E-state index in [2.05, 4.69) is 26.7 Å². The summed E-state index contributed by atoms with van der Waals surface area (Å²) in [6.45, 7) is 8.44. The van der Waals surface area contributed by atoms with Crippen LogP contribution in [0.25, 0.3) is 0 Å². The number of carbonyl (C=O) groups is 1. The smallest absolute Gasteiger partial charge is 0.227 e. The fourth-order valence-corrected chi connectivity index (χ4v) is 3.27. The van der Waals surface area contributed by atoms with Gasteiger partial charge in [0.05, 0.1) is 5.69 Å². The van der Waals surface area contributed by atoms with Crippen LogP contribution < -0.4 is 15.5 Å². The number of aliphatic imine (C=N–C) groups is 1. The Kier molecular flexibility index (Phi) is 6.68. The van der Waals surface area contributed by atoms with Crippen LogP contribution in [0.5, 0.6) is 0 Å².